The van der Waals surface area contributed by atoms with Gasteiger partial charge in [-0.2, -0.15) is 0 Å². The van der Waals surface area contributed by atoms with Gasteiger partial charge in [0.05, 0.1) is 0 Å². The molecule has 0 atom stereocenters. The van der Waals surface area contributed by atoms with Crippen LogP contribution in [0, 0.1) is 13.8 Å². The van der Waals surface area contributed by atoms with Gasteiger partial charge in [0.25, 0.3) is 0 Å². The van der Waals surface area contributed by atoms with Crippen molar-refractivity contribution in [3.63, 3.8) is 0 Å². The molecule has 0 bridgehead atoms. The molecule has 1 nitrogen and oxygen atoms in total. The van der Waals surface area contributed by atoms with E-state index in [0.717, 1.165) is 17.1 Å². The van der Waals surface area contributed by atoms with Gasteiger partial charge in [-0.15, -0.1) is 0 Å². The molecule has 0 N–H and O–H groups in total. The Bertz CT molecular complexity index is 515. The van der Waals surface area contributed by atoms with E-state index in [1.54, 1.807) is 6.07 Å². The van der Waals surface area contributed by atoms with Gasteiger partial charge in [0.15, 0.2) is 0 Å². The van der Waals surface area contributed by atoms with Gasteiger partial charge in [0.2, 0.25) is 0 Å². The molecular formula is C13H13Cl2N. The van der Waals surface area contributed by atoms with E-state index in [4.69, 9.17) is 23.2 Å². The summed E-state index contributed by atoms with van der Waals surface area (Å²) in [6, 6.07) is 7.78. The Morgan fingerprint density at radius 2 is 1.88 bits per heavy atom. The zero-order chi connectivity index (χ0) is 11.7. The van der Waals surface area contributed by atoms with Gasteiger partial charge < -0.3 is 4.57 Å². The maximum absolute atomic E-state index is 6.14. The minimum atomic E-state index is 0.675. The first-order valence-corrected chi connectivity index (χ1v) is 5.89. The van der Waals surface area contributed by atoms with Crippen molar-refractivity contribution in [2.24, 2.45) is 0 Å². The smallest absolute Gasteiger partial charge is 0.0487 e. The van der Waals surface area contributed by atoms with E-state index in [2.05, 4.69) is 30.7 Å². The van der Waals surface area contributed by atoms with E-state index in [-0.39, 0.29) is 0 Å². The Morgan fingerprint density at radius 1 is 1.12 bits per heavy atom. The highest BCUT2D eigenvalue weighted by Crippen LogP contribution is 2.22. The molecule has 0 spiro atoms. The standard InChI is InChI=1S/C13H13Cl2N/c1-9-5-10(2)16(7-9)8-11-3-4-12(14)6-13(11)15/h3-7H,8H2,1-2H3. The largest absolute Gasteiger partial charge is 0.347 e. The molecular weight excluding hydrogens is 241 g/mol. The molecule has 0 radical (unpaired) electrons. The molecule has 1 heterocycles. The number of nitrogens with zero attached hydrogens (tertiary/aromatic N) is 1. The second kappa shape index (κ2) is 4.52. The number of hydrogen-bond donors (Lipinski definition) is 0. The van der Waals surface area contributed by atoms with Crippen molar-refractivity contribution >= 4 is 23.2 Å². The summed E-state index contributed by atoms with van der Waals surface area (Å²) < 4.78 is 2.18. The molecule has 16 heavy (non-hydrogen) atoms. The van der Waals surface area contributed by atoms with Gasteiger partial charge >= 0.3 is 0 Å². The van der Waals surface area contributed by atoms with Crippen LogP contribution in [-0.4, -0.2) is 4.57 Å². The van der Waals surface area contributed by atoms with Crippen molar-refractivity contribution in [1.29, 1.82) is 0 Å². The van der Waals surface area contributed by atoms with Crippen LogP contribution in [0.5, 0.6) is 0 Å². The van der Waals surface area contributed by atoms with Crippen LogP contribution in [0.15, 0.2) is 30.5 Å². The van der Waals surface area contributed by atoms with Crippen molar-refractivity contribution in [2.75, 3.05) is 0 Å². The second-order valence-electron chi connectivity index (χ2n) is 4.02. The van der Waals surface area contributed by atoms with Crippen LogP contribution in [0.3, 0.4) is 0 Å². The molecule has 1 aromatic heterocycles. The number of benzene rings is 1. The van der Waals surface area contributed by atoms with Crippen LogP contribution in [0.25, 0.3) is 0 Å². The van der Waals surface area contributed by atoms with Crippen LogP contribution >= 0.6 is 23.2 Å². The predicted octanol–water partition coefficient (Wildman–Crippen LogP) is 4.46. The van der Waals surface area contributed by atoms with Crippen LogP contribution in [0.4, 0.5) is 0 Å². The highest BCUT2D eigenvalue weighted by Gasteiger charge is 2.04. The highest BCUT2D eigenvalue weighted by atomic mass is 35.5. The van der Waals surface area contributed by atoms with Gasteiger partial charge in [-0.1, -0.05) is 29.3 Å². The third-order valence-electron chi connectivity index (χ3n) is 2.60. The summed E-state index contributed by atoms with van der Waals surface area (Å²) in [4.78, 5) is 0. The summed E-state index contributed by atoms with van der Waals surface area (Å²) in [5.41, 5.74) is 3.59. The summed E-state index contributed by atoms with van der Waals surface area (Å²) in [7, 11) is 0. The Kier molecular flexibility index (Phi) is 3.27. The minimum absolute atomic E-state index is 0.675. The zero-order valence-electron chi connectivity index (χ0n) is 9.30. The molecule has 0 unspecified atom stereocenters. The van der Waals surface area contributed by atoms with Gasteiger partial charge in [0.1, 0.15) is 0 Å². The number of aryl methyl sites for hydroxylation is 2. The Morgan fingerprint density at radius 3 is 2.44 bits per heavy atom. The minimum Gasteiger partial charge on any atom is -0.347 e. The number of rotatable bonds is 2. The lowest BCUT2D eigenvalue weighted by Crippen LogP contribution is -2.00. The third-order valence-corrected chi connectivity index (χ3v) is 3.19. The van der Waals surface area contributed by atoms with Crippen LogP contribution < -0.4 is 0 Å². The fourth-order valence-corrected chi connectivity index (χ4v) is 2.27. The van der Waals surface area contributed by atoms with Crippen LogP contribution in [0.1, 0.15) is 16.8 Å². The lowest BCUT2D eigenvalue weighted by Gasteiger charge is -2.08. The molecule has 0 fully saturated rings. The number of aromatic nitrogens is 1. The van der Waals surface area contributed by atoms with E-state index in [0.29, 0.717) is 5.02 Å². The topological polar surface area (TPSA) is 4.93 Å². The summed E-state index contributed by atoms with van der Waals surface area (Å²) in [5, 5.41) is 1.40. The average molecular weight is 254 g/mol. The molecule has 0 aliphatic rings. The molecule has 3 heteroatoms. The Hall–Kier alpha value is -0.920. The van der Waals surface area contributed by atoms with E-state index in [9.17, 15) is 0 Å². The molecule has 2 rings (SSSR count). The van der Waals surface area contributed by atoms with Gasteiger partial charge in [0, 0.05) is 28.5 Å². The lowest BCUT2D eigenvalue weighted by atomic mass is 10.2. The SMILES string of the molecule is Cc1cc(C)n(Cc2ccc(Cl)cc2Cl)c1. The quantitative estimate of drug-likeness (QED) is 0.745. The number of halogens is 2. The molecule has 0 aliphatic heterocycles. The molecule has 0 saturated heterocycles. The molecule has 2 aromatic rings. The lowest BCUT2D eigenvalue weighted by molar-refractivity contribution is 0.775. The maximum Gasteiger partial charge on any atom is 0.0487 e. The first-order chi connectivity index (χ1) is 7.56. The van der Waals surface area contributed by atoms with Gasteiger partial charge in [-0.25, -0.2) is 0 Å². The van der Waals surface area contributed by atoms with E-state index in [1.807, 2.05) is 12.1 Å². The normalized spacial score (nSPS) is 10.8. The molecule has 1 aromatic carbocycles. The van der Waals surface area contributed by atoms with Gasteiger partial charge in [-0.05, 0) is 43.2 Å². The first-order valence-electron chi connectivity index (χ1n) is 5.13. The summed E-state index contributed by atoms with van der Waals surface area (Å²) in [5.74, 6) is 0. The van der Waals surface area contributed by atoms with Crippen LogP contribution in [-0.2, 0) is 6.54 Å². The Balaban J connectivity index is 2.30. The van der Waals surface area contributed by atoms with Crippen LogP contribution in [0.2, 0.25) is 10.0 Å². The summed E-state index contributed by atoms with van der Waals surface area (Å²) in [6.07, 6.45) is 2.13. The fraction of sp³-hybridized carbons (Fsp3) is 0.231. The van der Waals surface area contributed by atoms with Gasteiger partial charge in [-0.3, -0.25) is 0 Å². The van der Waals surface area contributed by atoms with E-state index in [1.165, 1.54) is 11.3 Å². The third kappa shape index (κ3) is 2.42. The number of hydrogen-bond acceptors (Lipinski definition) is 0. The zero-order valence-corrected chi connectivity index (χ0v) is 10.8. The van der Waals surface area contributed by atoms with Crippen molar-refractivity contribution in [2.45, 2.75) is 20.4 Å². The molecule has 84 valence electrons. The highest BCUT2D eigenvalue weighted by molar-refractivity contribution is 6.35. The summed E-state index contributed by atoms with van der Waals surface area (Å²) in [6.45, 7) is 4.97. The maximum atomic E-state index is 6.14. The first kappa shape index (κ1) is 11.6. The van der Waals surface area contributed by atoms with Crippen molar-refractivity contribution in [1.82, 2.24) is 4.57 Å². The average Bonchev–Trinajstić information content (AvgIpc) is 2.50. The monoisotopic (exact) mass is 253 g/mol. The second-order valence-corrected chi connectivity index (χ2v) is 4.87. The molecule has 0 amide bonds. The molecule has 0 aliphatic carbocycles. The van der Waals surface area contributed by atoms with Crippen molar-refractivity contribution < 1.29 is 0 Å². The predicted molar refractivity (Wildman–Crippen MR) is 69.5 cm³/mol. The van der Waals surface area contributed by atoms with E-state index >= 15 is 0 Å². The summed E-state index contributed by atoms with van der Waals surface area (Å²) >= 11 is 12.0. The van der Waals surface area contributed by atoms with Crippen molar-refractivity contribution in [3.8, 4) is 0 Å². The Labute approximate surface area is 106 Å². The fourth-order valence-electron chi connectivity index (χ4n) is 1.80. The molecule has 0 saturated carbocycles. The van der Waals surface area contributed by atoms with E-state index < -0.39 is 0 Å². The van der Waals surface area contributed by atoms with Crippen molar-refractivity contribution in [3.05, 3.63) is 57.3 Å².